The maximum Gasteiger partial charge on any atom is 0.293 e. The van der Waals surface area contributed by atoms with Crippen molar-refractivity contribution in [1.82, 2.24) is 40.9 Å². The minimum atomic E-state index is -0.373. The molecule has 5 aromatic rings. The van der Waals surface area contributed by atoms with Gasteiger partial charge < -0.3 is 15.2 Å². The largest absolute Gasteiger partial charge is 0.343 e. The predicted octanol–water partition coefficient (Wildman–Crippen LogP) is 5.63. The van der Waals surface area contributed by atoms with Gasteiger partial charge in [0.05, 0.1) is 11.7 Å². The smallest absolute Gasteiger partial charge is 0.293 e. The van der Waals surface area contributed by atoms with E-state index in [0.29, 0.717) is 17.5 Å². The van der Waals surface area contributed by atoms with Gasteiger partial charge in [-0.25, -0.2) is 4.98 Å². The Hall–Kier alpha value is -4.44. The number of benzene rings is 1. The number of aromatic nitrogens is 6. The van der Waals surface area contributed by atoms with Crippen LogP contribution in [-0.4, -0.2) is 49.3 Å². The monoisotopic (exact) mass is 564 g/mol. The summed E-state index contributed by atoms with van der Waals surface area (Å²) in [5, 5.41) is 18.8. The summed E-state index contributed by atoms with van der Waals surface area (Å²) in [6.45, 7) is 11.9. The minimum Gasteiger partial charge on any atom is -0.343 e. The second-order valence-corrected chi connectivity index (χ2v) is 12.1. The topological polar surface area (TPSA) is 135 Å². The molecule has 0 bridgehead atoms. The van der Waals surface area contributed by atoms with Crippen molar-refractivity contribution in [3.63, 3.8) is 0 Å². The number of amides is 1. The van der Waals surface area contributed by atoms with Gasteiger partial charge in [-0.05, 0) is 69.1 Å². The molecule has 5 heterocycles. The molecule has 4 aromatic heterocycles. The molecule has 0 spiro atoms. The molecular weight excluding hydrogens is 528 g/mol. The number of carbonyl (C=O) groups excluding carboxylic acids is 1. The van der Waals surface area contributed by atoms with E-state index in [1.165, 1.54) is 0 Å². The van der Waals surface area contributed by atoms with E-state index in [2.05, 4.69) is 60.2 Å². The molecule has 6 rings (SSSR count). The Morgan fingerprint density at radius 1 is 1.02 bits per heavy atom. The normalized spacial score (nSPS) is 15.2. The zero-order chi connectivity index (χ0) is 29.4. The average molecular weight is 565 g/mol. The fourth-order valence-electron chi connectivity index (χ4n) is 5.49. The van der Waals surface area contributed by atoms with Crippen LogP contribution < -0.4 is 10.6 Å². The van der Waals surface area contributed by atoms with Gasteiger partial charge in [-0.15, -0.1) is 0 Å². The van der Waals surface area contributed by atoms with Crippen LogP contribution in [0.15, 0.2) is 53.3 Å². The van der Waals surface area contributed by atoms with Crippen molar-refractivity contribution in [1.29, 1.82) is 0 Å². The van der Waals surface area contributed by atoms with E-state index in [-0.39, 0.29) is 23.2 Å². The highest BCUT2D eigenvalue weighted by Gasteiger charge is 2.25. The van der Waals surface area contributed by atoms with Gasteiger partial charge >= 0.3 is 0 Å². The van der Waals surface area contributed by atoms with Crippen LogP contribution in [0.5, 0.6) is 0 Å². The van der Waals surface area contributed by atoms with Crippen molar-refractivity contribution in [2.45, 2.75) is 64.8 Å². The standard InChI is InChI=1S/C32H36N8O2/c1-18-14-21(6-8-24(18)19(2)36-30(41)29-37-31(42-40-29)32(3,4)5)27-25-15-23(17-35-28(25)39-38-27)22-7-9-26(34-16-22)20-10-12-33-13-11-20/h6-9,14-17,19-20,33H,10-13H2,1-5H3,(H,36,41)(H,35,38,39). The van der Waals surface area contributed by atoms with Crippen LogP contribution >= 0.6 is 0 Å². The van der Waals surface area contributed by atoms with Crippen molar-refractivity contribution in [2.24, 2.45) is 0 Å². The number of fused-ring (bicyclic) bond motifs is 1. The molecule has 1 unspecified atom stereocenters. The van der Waals surface area contributed by atoms with E-state index in [4.69, 9.17) is 9.51 Å². The average Bonchev–Trinajstić information content (AvgIpc) is 3.66. The zero-order valence-electron chi connectivity index (χ0n) is 24.7. The van der Waals surface area contributed by atoms with E-state index >= 15 is 0 Å². The zero-order valence-corrected chi connectivity index (χ0v) is 24.7. The first-order chi connectivity index (χ1) is 20.2. The first-order valence-corrected chi connectivity index (χ1v) is 14.4. The second-order valence-electron chi connectivity index (χ2n) is 12.1. The van der Waals surface area contributed by atoms with Gasteiger partial charge in [0.15, 0.2) is 5.65 Å². The SMILES string of the molecule is Cc1cc(-c2[nH]nc3ncc(-c4ccc(C5CCNCC5)nc4)cc23)ccc1C(C)NC(=O)c1noc(C(C)(C)C)n1. The summed E-state index contributed by atoms with van der Waals surface area (Å²) in [6, 6.07) is 12.3. The molecule has 3 N–H and O–H groups in total. The van der Waals surface area contributed by atoms with E-state index in [0.717, 1.165) is 70.5 Å². The summed E-state index contributed by atoms with van der Waals surface area (Å²) in [4.78, 5) is 26.5. The lowest BCUT2D eigenvalue weighted by molar-refractivity contribution is 0.0926. The molecule has 1 aliphatic heterocycles. The minimum absolute atomic E-state index is 0.0319. The predicted molar refractivity (Wildman–Crippen MR) is 161 cm³/mol. The third-order valence-electron chi connectivity index (χ3n) is 7.93. The van der Waals surface area contributed by atoms with Crippen molar-refractivity contribution in [3.05, 3.63) is 77.3 Å². The van der Waals surface area contributed by atoms with Gasteiger partial charge in [0, 0.05) is 51.5 Å². The van der Waals surface area contributed by atoms with Gasteiger partial charge in [-0.3, -0.25) is 14.9 Å². The Kier molecular flexibility index (Phi) is 7.32. The quantitative estimate of drug-likeness (QED) is 0.241. The molecule has 1 atom stereocenters. The summed E-state index contributed by atoms with van der Waals surface area (Å²) in [6.07, 6.45) is 6.05. The lowest BCUT2D eigenvalue weighted by atomic mass is 9.93. The number of rotatable bonds is 6. The summed E-state index contributed by atoms with van der Waals surface area (Å²) in [5.41, 5.74) is 7.43. The Labute approximate surface area is 244 Å². The first kappa shape index (κ1) is 27.7. The summed E-state index contributed by atoms with van der Waals surface area (Å²) in [7, 11) is 0. The molecule has 1 aliphatic rings. The molecule has 10 heteroatoms. The van der Waals surface area contributed by atoms with Crippen LogP contribution in [0.3, 0.4) is 0 Å². The summed E-state index contributed by atoms with van der Waals surface area (Å²) >= 11 is 0. The van der Waals surface area contributed by atoms with Crippen LogP contribution in [-0.2, 0) is 5.41 Å². The number of hydrogen-bond donors (Lipinski definition) is 3. The molecule has 1 amide bonds. The molecule has 10 nitrogen and oxygen atoms in total. The molecule has 1 saturated heterocycles. The molecular formula is C32H36N8O2. The fourth-order valence-corrected chi connectivity index (χ4v) is 5.49. The van der Waals surface area contributed by atoms with Crippen LogP contribution in [0.4, 0.5) is 0 Å². The van der Waals surface area contributed by atoms with Gasteiger partial charge in [0.1, 0.15) is 0 Å². The third kappa shape index (κ3) is 5.54. The number of aryl methyl sites for hydroxylation is 1. The van der Waals surface area contributed by atoms with Crippen LogP contribution in [0.1, 0.15) is 85.8 Å². The van der Waals surface area contributed by atoms with Crippen molar-refractivity contribution in [3.8, 4) is 22.4 Å². The van der Waals surface area contributed by atoms with Crippen molar-refractivity contribution >= 4 is 16.9 Å². The summed E-state index contributed by atoms with van der Waals surface area (Å²) < 4.78 is 5.28. The number of nitrogens with zero attached hydrogens (tertiary/aromatic N) is 5. The Balaban J connectivity index is 1.21. The second kappa shape index (κ2) is 11.1. The number of hydrogen-bond acceptors (Lipinski definition) is 8. The van der Waals surface area contributed by atoms with Gasteiger partial charge in [-0.1, -0.05) is 44.1 Å². The fraction of sp³-hybridized carbons (Fsp3) is 0.375. The number of piperidine rings is 1. The highest BCUT2D eigenvalue weighted by atomic mass is 16.5. The van der Waals surface area contributed by atoms with Gasteiger partial charge in [0.2, 0.25) is 5.89 Å². The maximum absolute atomic E-state index is 12.8. The van der Waals surface area contributed by atoms with Crippen LogP contribution in [0.25, 0.3) is 33.4 Å². The molecule has 1 aromatic carbocycles. The van der Waals surface area contributed by atoms with Gasteiger partial charge in [0.25, 0.3) is 11.7 Å². The number of aromatic amines is 1. The third-order valence-corrected chi connectivity index (χ3v) is 7.93. The van der Waals surface area contributed by atoms with Crippen LogP contribution in [0, 0.1) is 6.92 Å². The van der Waals surface area contributed by atoms with E-state index in [1.807, 2.05) is 59.1 Å². The number of carbonyl (C=O) groups is 1. The number of pyridine rings is 2. The Morgan fingerprint density at radius 2 is 1.79 bits per heavy atom. The lowest BCUT2D eigenvalue weighted by Crippen LogP contribution is -2.28. The molecule has 216 valence electrons. The molecule has 0 radical (unpaired) electrons. The maximum atomic E-state index is 12.8. The Bertz CT molecular complexity index is 1730. The number of nitrogens with one attached hydrogen (secondary N) is 3. The van der Waals surface area contributed by atoms with E-state index in [1.54, 1.807) is 0 Å². The molecule has 42 heavy (non-hydrogen) atoms. The van der Waals surface area contributed by atoms with E-state index in [9.17, 15) is 4.79 Å². The molecule has 0 aliphatic carbocycles. The Morgan fingerprint density at radius 3 is 2.48 bits per heavy atom. The molecule has 1 fully saturated rings. The highest BCUT2D eigenvalue weighted by Crippen LogP contribution is 2.32. The van der Waals surface area contributed by atoms with Crippen molar-refractivity contribution in [2.75, 3.05) is 13.1 Å². The molecule has 0 saturated carbocycles. The van der Waals surface area contributed by atoms with E-state index < -0.39 is 0 Å². The number of H-pyrrole nitrogens is 1. The van der Waals surface area contributed by atoms with Crippen LogP contribution in [0.2, 0.25) is 0 Å². The lowest BCUT2D eigenvalue weighted by Gasteiger charge is -2.22. The van der Waals surface area contributed by atoms with Gasteiger partial charge in [-0.2, -0.15) is 10.1 Å². The van der Waals surface area contributed by atoms with Crippen molar-refractivity contribution < 1.29 is 9.32 Å². The first-order valence-electron chi connectivity index (χ1n) is 14.4. The summed E-state index contributed by atoms with van der Waals surface area (Å²) in [5.74, 6) is 0.603. The highest BCUT2D eigenvalue weighted by molar-refractivity contribution is 5.93.